The van der Waals surface area contributed by atoms with Gasteiger partial charge in [0.15, 0.2) is 0 Å². The first-order valence-corrected chi connectivity index (χ1v) is 10.9. The topological polar surface area (TPSA) is 104 Å². The number of aromatic nitrogens is 2. The van der Waals surface area contributed by atoms with Crippen LogP contribution in [-0.4, -0.2) is 52.3 Å². The van der Waals surface area contributed by atoms with Gasteiger partial charge in [0.2, 0.25) is 10.0 Å². The second-order valence-corrected chi connectivity index (χ2v) is 9.01. The van der Waals surface area contributed by atoms with Gasteiger partial charge in [-0.3, -0.25) is 4.79 Å². The van der Waals surface area contributed by atoms with E-state index in [2.05, 4.69) is 10.3 Å². The van der Waals surface area contributed by atoms with E-state index in [9.17, 15) is 18.3 Å². The Morgan fingerprint density at radius 3 is 2.59 bits per heavy atom. The number of piperidine rings is 1. The summed E-state index contributed by atoms with van der Waals surface area (Å²) in [5, 5.41) is 12.4. The maximum Gasteiger partial charge on any atom is 0.253 e. The van der Waals surface area contributed by atoms with Crippen LogP contribution in [0.5, 0.6) is 0 Å². The summed E-state index contributed by atoms with van der Waals surface area (Å²) < 4.78 is 28.6. The van der Waals surface area contributed by atoms with Crippen LogP contribution in [0.1, 0.15) is 28.8 Å². The Hall–Kier alpha value is -2.75. The summed E-state index contributed by atoms with van der Waals surface area (Å²) in [5.41, 5.74) is 2.08. The number of carbonyl (C=O) groups excluding carboxylic acids is 1. The van der Waals surface area contributed by atoms with E-state index >= 15 is 0 Å². The molecular formula is C20H22N4O4S. The quantitative estimate of drug-likeness (QED) is 0.657. The molecule has 29 heavy (non-hydrogen) atoms. The normalized spacial score (nSPS) is 16.2. The summed E-state index contributed by atoms with van der Waals surface area (Å²) in [5.74, 6) is -0.218. The van der Waals surface area contributed by atoms with Gasteiger partial charge in [-0.05, 0) is 42.7 Å². The number of amides is 1. The number of hydrogen-bond donors (Lipinski definition) is 2. The lowest BCUT2D eigenvalue weighted by Crippen LogP contribution is -2.39. The van der Waals surface area contributed by atoms with Gasteiger partial charge < -0.3 is 14.8 Å². The molecule has 2 N–H and O–H groups in total. The van der Waals surface area contributed by atoms with Crippen molar-refractivity contribution in [1.82, 2.24) is 19.0 Å². The zero-order chi connectivity index (χ0) is 20.4. The fourth-order valence-corrected chi connectivity index (χ4v) is 4.82. The predicted octanol–water partition coefficient (Wildman–Crippen LogP) is 1.41. The maximum atomic E-state index is 12.7. The number of nitrogens with one attached hydrogen (secondary N) is 1. The Balaban J connectivity index is 1.39. The molecule has 1 aliphatic rings. The Bertz CT molecular complexity index is 1120. The number of hydrogen-bond acceptors (Lipinski definition) is 5. The van der Waals surface area contributed by atoms with Crippen LogP contribution in [0.3, 0.4) is 0 Å². The summed E-state index contributed by atoms with van der Waals surface area (Å²) in [6, 6.07) is 9.99. The third-order valence-electron chi connectivity index (χ3n) is 5.09. The highest BCUT2D eigenvalue weighted by Crippen LogP contribution is 2.21. The van der Waals surface area contributed by atoms with Crippen LogP contribution in [0, 0.1) is 0 Å². The molecule has 0 unspecified atom stereocenters. The molecule has 1 aromatic carbocycles. The molecule has 2 aromatic heterocycles. The molecule has 0 atom stereocenters. The van der Waals surface area contributed by atoms with Gasteiger partial charge in [-0.1, -0.05) is 12.1 Å². The SMILES string of the molecule is O=C(NCc1ccc(S(=O)(=O)N2CCC(O)CC2)cc1)c1ccc2nccn2c1. The van der Waals surface area contributed by atoms with Crippen molar-refractivity contribution >= 4 is 21.6 Å². The summed E-state index contributed by atoms with van der Waals surface area (Å²) in [4.78, 5) is 16.7. The van der Waals surface area contributed by atoms with Crippen LogP contribution in [-0.2, 0) is 16.6 Å². The first kappa shape index (κ1) is 19.6. The van der Waals surface area contributed by atoms with Gasteiger partial charge in [0, 0.05) is 38.2 Å². The standard InChI is InChI=1S/C20H22N4O4S/c25-17-7-10-24(11-8-17)29(27,28)18-4-1-15(2-5-18)13-22-20(26)16-3-6-19-21-9-12-23(19)14-16/h1-6,9,12,14,17,25H,7-8,10-11,13H2,(H,22,26). The summed E-state index contributed by atoms with van der Waals surface area (Å²) in [6.07, 6.45) is 5.63. The van der Waals surface area contributed by atoms with E-state index in [0.29, 0.717) is 31.5 Å². The van der Waals surface area contributed by atoms with Crippen molar-refractivity contribution in [3.63, 3.8) is 0 Å². The predicted molar refractivity (Wildman–Crippen MR) is 107 cm³/mol. The molecule has 1 amide bonds. The lowest BCUT2D eigenvalue weighted by molar-refractivity contribution is 0.0950. The number of aliphatic hydroxyl groups excluding tert-OH is 1. The van der Waals surface area contributed by atoms with Crippen LogP contribution < -0.4 is 5.32 Å². The van der Waals surface area contributed by atoms with Gasteiger partial charge in [-0.2, -0.15) is 4.31 Å². The first-order valence-electron chi connectivity index (χ1n) is 9.41. The maximum absolute atomic E-state index is 12.7. The van der Waals surface area contributed by atoms with Gasteiger partial charge in [0.05, 0.1) is 16.6 Å². The van der Waals surface area contributed by atoms with Gasteiger partial charge in [-0.25, -0.2) is 13.4 Å². The van der Waals surface area contributed by atoms with E-state index in [4.69, 9.17) is 0 Å². The lowest BCUT2D eigenvalue weighted by atomic mass is 10.1. The van der Waals surface area contributed by atoms with Gasteiger partial charge in [-0.15, -0.1) is 0 Å². The van der Waals surface area contributed by atoms with Crippen LogP contribution in [0.25, 0.3) is 5.65 Å². The van der Waals surface area contributed by atoms with E-state index < -0.39 is 16.1 Å². The average molecular weight is 414 g/mol. The molecule has 0 bridgehead atoms. The number of carbonyl (C=O) groups is 1. The molecule has 0 radical (unpaired) electrons. The summed E-state index contributed by atoms with van der Waals surface area (Å²) >= 11 is 0. The highest BCUT2D eigenvalue weighted by atomic mass is 32.2. The molecule has 0 saturated carbocycles. The van der Waals surface area contributed by atoms with Gasteiger partial charge in [0.1, 0.15) is 5.65 Å². The van der Waals surface area contributed by atoms with Gasteiger partial charge >= 0.3 is 0 Å². The molecule has 1 aliphatic heterocycles. The van der Waals surface area contributed by atoms with Crippen molar-refractivity contribution in [3.8, 4) is 0 Å². The smallest absolute Gasteiger partial charge is 0.253 e. The molecule has 3 aromatic rings. The Morgan fingerprint density at radius 1 is 1.14 bits per heavy atom. The molecule has 1 saturated heterocycles. The molecular weight excluding hydrogens is 392 g/mol. The Kier molecular flexibility index (Phi) is 5.35. The largest absolute Gasteiger partial charge is 0.393 e. The average Bonchev–Trinajstić information content (AvgIpc) is 3.20. The number of fused-ring (bicyclic) bond motifs is 1. The van der Waals surface area contributed by atoms with E-state index in [1.54, 1.807) is 59.4 Å². The highest BCUT2D eigenvalue weighted by molar-refractivity contribution is 7.89. The van der Waals surface area contributed by atoms with Crippen LogP contribution >= 0.6 is 0 Å². The molecule has 4 rings (SSSR count). The number of benzene rings is 1. The van der Waals surface area contributed by atoms with E-state index in [1.165, 1.54) is 4.31 Å². The first-order chi connectivity index (χ1) is 13.9. The fourth-order valence-electron chi connectivity index (χ4n) is 3.35. The number of nitrogens with zero attached hydrogens (tertiary/aromatic N) is 3. The monoisotopic (exact) mass is 414 g/mol. The highest BCUT2D eigenvalue weighted by Gasteiger charge is 2.28. The minimum atomic E-state index is -3.57. The van der Waals surface area contributed by atoms with Crippen LogP contribution in [0.15, 0.2) is 59.9 Å². The number of pyridine rings is 1. The van der Waals surface area contributed by atoms with E-state index in [1.807, 2.05) is 0 Å². The van der Waals surface area contributed by atoms with Crippen LogP contribution in [0.2, 0.25) is 0 Å². The molecule has 0 aliphatic carbocycles. The lowest BCUT2D eigenvalue weighted by Gasteiger charge is -2.28. The third kappa shape index (κ3) is 4.16. The summed E-state index contributed by atoms with van der Waals surface area (Å²) in [6.45, 7) is 0.933. The van der Waals surface area contributed by atoms with Crippen molar-refractivity contribution in [2.24, 2.45) is 0 Å². The minimum Gasteiger partial charge on any atom is -0.393 e. The van der Waals surface area contributed by atoms with E-state index in [-0.39, 0.29) is 17.3 Å². The zero-order valence-corrected chi connectivity index (χ0v) is 16.5. The Morgan fingerprint density at radius 2 is 1.86 bits per heavy atom. The van der Waals surface area contributed by atoms with Crippen molar-refractivity contribution in [2.75, 3.05) is 13.1 Å². The van der Waals surface area contributed by atoms with Crippen molar-refractivity contribution in [1.29, 1.82) is 0 Å². The van der Waals surface area contributed by atoms with Crippen LogP contribution in [0.4, 0.5) is 0 Å². The molecule has 9 heteroatoms. The molecule has 1 fully saturated rings. The molecule has 3 heterocycles. The molecule has 8 nitrogen and oxygen atoms in total. The second kappa shape index (κ2) is 7.94. The second-order valence-electron chi connectivity index (χ2n) is 7.07. The van der Waals surface area contributed by atoms with Crippen molar-refractivity contribution < 1.29 is 18.3 Å². The molecule has 152 valence electrons. The van der Waals surface area contributed by atoms with Crippen molar-refractivity contribution in [2.45, 2.75) is 30.4 Å². The summed E-state index contributed by atoms with van der Waals surface area (Å²) in [7, 11) is -3.57. The number of sulfonamides is 1. The number of imidazole rings is 1. The number of rotatable bonds is 5. The number of aliphatic hydroxyl groups is 1. The minimum absolute atomic E-state index is 0.217. The Labute approximate surface area is 168 Å². The van der Waals surface area contributed by atoms with Crippen molar-refractivity contribution in [3.05, 3.63) is 66.1 Å². The molecule has 0 spiro atoms. The fraction of sp³-hybridized carbons (Fsp3) is 0.300. The zero-order valence-electron chi connectivity index (χ0n) is 15.7. The van der Waals surface area contributed by atoms with Gasteiger partial charge in [0.25, 0.3) is 5.91 Å². The van der Waals surface area contributed by atoms with E-state index in [0.717, 1.165) is 11.2 Å². The third-order valence-corrected chi connectivity index (χ3v) is 7.00.